The fourth-order valence-electron chi connectivity index (χ4n) is 2.63. The van der Waals surface area contributed by atoms with Gasteiger partial charge in [0, 0.05) is 10.0 Å². The van der Waals surface area contributed by atoms with E-state index in [2.05, 4.69) is 20.9 Å². The molecule has 0 unspecified atom stereocenters. The van der Waals surface area contributed by atoms with Crippen molar-refractivity contribution in [3.05, 3.63) is 40.8 Å². The Labute approximate surface area is 130 Å². The number of likely N-dealkylation sites (tertiary alicyclic amines) is 1. The molecular formula is C15H15BrN2O3. The van der Waals surface area contributed by atoms with Crippen LogP contribution >= 0.6 is 15.9 Å². The highest BCUT2D eigenvalue weighted by atomic mass is 79.9. The van der Waals surface area contributed by atoms with Crippen molar-refractivity contribution in [2.45, 2.75) is 25.4 Å². The van der Waals surface area contributed by atoms with Crippen LogP contribution in [0.15, 0.2) is 39.4 Å². The Hall–Kier alpha value is -1.66. The summed E-state index contributed by atoms with van der Waals surface area (Å²) in [5.74, 6) is 0.474. The summed E-state index contributed by atoms with van der Waals surface area (Å²) in [4.78, 5) is 17.3. The first-order valence-corrected chi connectivity index (χ1v) is 7.60. The number of nitrogens with zero attached hydrogens (tertiary/aromatic N) is 2. The highest BCUT2D eigenvalue weighted by Crippen LogP contribution is 2.25. The van der Waals surface area contributed by atoms with Crippen LogP contribution in [0.4, 0.5) is 0 Å². The van der Waals surface area contributed by atoms with Crippen LogP contribution in [0.25, 0.3) is 11.3 Å². The highest BCUT2D eigenvalue weighted by Gasteiger charge is 2.31. The molecule has 1 saturated heterocycles. The fraction of sp³-hybridized carbons (Fsp3) is 0.333. The van der Waals surface area contributed by atoms with Gasteiger partial charge in [-0.1, -0.05) is 28.1 Å². The van der Waals surface area contributed by atoms with Crippen molar-refractivity contribution in [1.82, 2.24) is 9.88 Å². The zero-order valence-corrected chi connectivity index (χ0v) is 12.9. The summed E-state index contributed by atoms with van der Waals surface area (Å²) >= 11 is 3.43. The van der Waals surface area contributed by atoms with E-state index in [1.165, 1.54) is 0 Å². The van der Waals surface area contributed by atoms with Gasteiger partial charge < -0.3 is 9.52 Å². The first kappa shape index (κ1) is 14.3. The van der Waals surface area contributed by atoms with Crippen molar-refractivity contribution in [3.63, 3.8) is 0 Å². The summed E-state index contributed by atoms with van der Waals surface area (Å²) < 4.78 is 6.72. The quantitative estimate of drug-likeness (QED) is 0.917. The topological polar surface area (TPSA) is 66.6 Å². The second-order valence-corrected chi connectivity index (χ2v) is 6.01. The lowest BCUT2D eigenvalue weighted by Gasteiger charge is -2.18. The molecule has 1 aliphatic heterocycles. The lowest BCUT2D eigenvalue weighted by atomic mass is 10.2. The van der Waals surface area contributed by atoms with Gasteiger partial charge in [-0.25, -0.2) is 4.98 Å². The fourth-order valence-corrected chi connectivity index (χ4v) is 3.03. The number of carboxylic acid groups (broad SMARTS) is 1. The lowest BCUT2D eigenvalue weighted by Crippen LogP contribution is -2.35. The van der Waals surface area contributed by atoms with E-state index in [1.54, 1.807) is 6.20 Å². The Bertz CT molecular complexity index is 656. The van der Waals surface area contributed by atoms with Crippen molar-refractivity contribution in [1.29, 1.82) is 0 Å². The van der Waals surface area contributed by atoms with Gasteiger partial charge in [0.2, 0.25) is 5.89 Å². The van der Waals surface area contributed by atoms with Crippen LogP contribution in [0, 0.1) is 0 Å². The zero-order valence-electron chi connectivity index (χ0n) is 11.3. The Kier molecular flexibility index (Phi) is 4.07. The molecule has 1 aromatic heterocycles. The SMILES string of the molecule is O=C(O)[C@H]1CCCN1Cc1ncc(-c2cccc(Br)c2)o1. The van der Waals surface area contributed by atoms with Gasteiger partial charge in [0.1, 0.15) is 6.04 Å². The number of rotatable bonds is 4. The van der Waals surface area contributed by atoms with Crippen LogP contribution in [0.5, 0.6) is 0 Å². The predicted octanol–water partition coefficient (Wildman–Crippen LogP) is 3.15. The first-order valence-electron chi connectivity index (χ1n) is 6.81. The second kappa shape index (κ2) is 5.99. The molecule has 1 aliphatic rings. The van der Waals surface area contributed by atoms with E-state index < -0.39 is 12.0 Å². The van der Waals surface area contributed by atoms with Gasteiger partial charge in [0.25, 0.3) is 0 Å². The summed E-state index contributed by atoms with van der Waals surface area (Å²) in [5.41, 5.74) is 0.944. The summed E-state index contributed by atoms with van der Waals surface area (Å²) in [7, 11) is 0. The number of benzene rings is 1. The maximum atomic E-state index is 11.2. The summed E-state index contributed by atoms with van der Waals surface area (Å²) in [6, 6.07) is 7.36. The molecule has 6 heteroatoms. The number of hydrogen-bond donors (Lipinski definition) is 1. The molecule has 0 spiro atoms. The Morgan fingerprint density at radius 1 is 1.52 bits per heavy atom. The molecule has 110 valence electrons. The molecule has 1 fully saturated rings. The summed E-state index contributed by atoms with van der Waals surface area (Å²) in [6.07, 6.45) is 3.27. The summed E-state index contributed by atoms with van der Waals surface area (Å²) in [6.45, 7) is 1.20. The third-order valence-electron chi connectivity index (χ3n) is 3.65. The number of hydrogen-bond acceptors (Lipinski definition) is 4. The first-order chi connectivity index (χ1) is 10.1. The number of carboxylic acids is 1. The van der Waals surface area contributed by atoms with E-state index in [1.807, 2.05) is 29.2 Å². The summed E-state index contributed by atoms with van der Waals surface area (Å²) in [5, 5.41) is 9.18. The van der Waals surface area contributed by atoms with Crippen LogP contribution in [0.3, 0.4) is 0 Å². The van der Waals surface area contributed by atoms with Crippen molar-refractivity contribution < 1.29 is 14.3 Å². The normalized spacial score (nSPS) is 19.0. The number of aromatic nitrogens is 1. The minimum absolute atomic E-state index is 0.425. The monoisotopic (exact) mass is 350 g/mol. The van der Waals surface area contributed by atoms with Crippen LogP contribution in [-0.4, -0.2) is 33.5 Å². The third-order valence-corrected chi connectivity index (χ3v) is 4.14. The lowest BCUT2D eigenvalue weighted by molar-refractivity contribution is -0.142. The molecule has 0 radical (unpaired) electrons. The van der Waals surface area contributed by atoms with Gasteiger partial charge >= 0.3 is 5.97 Å². The molecule has 21 heavy (non-hydrogen) atoms. The smallest absolute Gasteiger partial charge is 0.320 e. The van der Waals surface area contributed by atoms with Crippen LogP contribution in [-0.2, 0) is 11.3 Å². The van der Waals surface area contributed by atoms with Crippen molar-refractivity contribution in [2.75, 3.05) is 6.54 Å². The van der Waals surface area contributed by atoms with E-state index in [-0.39, 0.29) is 0 Å². The second-order valence-electron chi connectivity index (χ2n) is 5.10. The third kappa shape index (κ3) is 3.16. The molecule has 0 aliphatic carbocycles. The van der Waals surface area contributed by atoms with Gasteiger partial charge in [0.05, 0.1) is 12.7 Å². The number of oxazole rings is 1. The maximum Gasteiger partial charge on any atom is 0.320 e. The molecule has 5 nitrogen and oxygen atoms in total. The van der Waals surface area contributed by atoms with Gasteiger partial charge in [-0.05, 0) is 31.5 Å². The van der Waals surface area contributed by atoms with Crippen LogP contribution < -0.4 is 0 Å². The largest absolute Gasteiger partial charge is 0.480 e. The maximum absolute atomic E-state index is 11.2. The van der Waals surface area contributed by atoms with Gasteiger partial charge in [-0.15, -0.1) is 0 Å². The van der Waals surface area contributed by atoms with Gasteiger partial charge in [-0.2, -0.15) is 0 Å². The standard InChI is InChI=1S/C15H15BrN2O3/c16-11-4-1-3-10(7-11)13-8-17-14(21-13)9-18-6-2-5-12(18)15(19)20/h1,3-4,7-8,12H,2,5-6,9H2,(H,19,20)/t12-/m1/s1. The minimum atomic E-state index is -0.772. The minimum Gasteiger partial charge on any atom is -0.480 e. The van der Waals surface area contributed by atoms with Crippen molar-refractivity contribution in [2.24, 2.45) is 0 Å². The molecule has 3 rings (SSSR count). The molecule has 1 atom stereocenters. The molecule has 1 aromatic carbocycles. The number of halogens is 1. The Morgan fingerprint density at radius 2 is 2.38 bits per heavy atom. The van der Waals surface area contributed by atoms with Crippen molar-refractivity contribution >= 4 is 21.9 Å². The van der Waals surface area contributed by atoms with Gasteiger partial charge in [0.15, 0.2) is 5.76 Å². The van der Waals surface area contributed by atoms with Crippen LogP contribution in [0.1, 0.15) is 18.7 Å². The average molecular weight is 351 g/mol. The van der Waals surface area contributed by atoms with E-state index in [0.717, 1.165) is 23.0 Å². The molecule has 0 amide bonds. The van der Waals surface area contributed by atoms with E-state index in [4.69, 9.17) is 4.42 Å². The van der Waals surface area contributed by atoms with E-state index >= 15 is 0 Å². The Balaban J connectivity index is 1.75. The molecule has 1 N–H and O–H groups in total. The van der Waals surface area contributed by atoms with E-state index in [9.17, 15) is 9.90 Å². The molecule has 2 aromatic rings. The predicted molar refractivity (Wildman–Crippen MR) is 80.7 cm³/mol. The molecule has 2 heterocycles. The Morgan fingerprint density at radius 3 is 3.14 bits per heavy atom. The molecule has 0 bridgehead atoms. The van der Waals surface area contributed by atoms with Crippen LogP contribution in [0.2, 0.25) is 0 Å². The van der Waals surface area contributed by atoms with Gasteiger partial charge in [-0.3, -0.25) is 9.69 Å². The zero-order chi connectivity index (χ0) is 14.8. The van der Waals surface area contributed by atoms with E-state index in [0.29, 0.717) is 24.6 Å². The molecule has 0 saturated carbocycles. The molecular weight excluding hydrogens is 336 g/mol. The number of aliphatic carboxylic acids is 1. The average Bonchev–Trinajstić information content (AvgIpc) is 3.08. The van der Waals surface area contributed by atoms with Crippen molar-refractivity contribution in [3.8, 4) is 11.3 Å². The number of carbonyl (C=O) groups is 1. The highest BCUT2D eigenvalue weighted by molar-refractivity contribution is 9.10.